The number of nitrogens with zero attached hydrogens (tertiary/aromatic N) is 3. The zero-order chi connectivity index (χ0) is 14.2. The van der Waals surface area contributed by atoms with Crippen LogP contribution < -0.4 is 5.32 Å². The van der Waals surface area contributed by atoms with Gasteiger partial charge in [-0.2, -0.15) is 4.98 Å². The Labute approximate surface area is 119 Å². The highest BCUT2D eigenvalue weighted by Gasteiger charge is 2.32. The molecule has 2 aromatic heterocycles. The molecule has 1 saturated carbocycles. The van der Waals surface area contributed by atoms with Gasteiger partial charge in [0.25, 0.3) is 0 Å². The third kappa shape index (κ3) is 2.77. The fraction of sp³-hybridized carbons (Fsp3) is 0.600. The molecule has 2 atom stereocenters. The van der Waals surface area contributed by atoms with Crippen LogP contribution in [0, 0.1) is 12.8 Å². The first-order chi connectivity index (χ1) is 9.54. The highest BCUT2D eigenvalue weighted by atomic mass is 16.3. The van der Waals surface area contributed by atoms with Crippen LogP contribution in [0.25, 0.3) is 5.65 Å². The van der Waals surface area contributed by atoms with E-state index in [1.54, 1.807) is 4.52 Å². The molecular formula is C15H22N4O. The molecule has 1 fully saturated rings. The van der Waals surface area contributed by atoms with Gasteiger partial charge in [-0.15, -0.1) is 5.10 Å². The summed E-state index contributed by atoms with van der Waals surface area (Å²) in [6.45, 7) is 4.75. The minimum atomic E-state index is -0.620. The van der Waals surface area contributed by atoms with Crippen LogP contribution in [0.3, 0.4) is 0 Å². The molecule has 0 bridgehead atoms. The van der Waals surface area contributed by atoms with Crippen molar-refractivity contribution in [1.82, 2.24) is 14.6 Å². The van der Waals surface area contributed by atoms with Gasteiger partial charge in [0, 0.05) is 12.7 Å². The number of hydrogen-bond acceptors (Lipinski definition) is 4. The van der Waals surface area contributed by atoms with Crippen LogP contribution in [0.4, 0.5) is 5.95 Å². The fourth-order valence-electron chi connectivity index (χ4n) is 3.10. The van der Waals surface area contributed by atoms with Gasteiger partial charge < -0.3 is 10.4 Å². The molecule has 1 aliphatic carbocycles. The molecule has 1 aliphatic rings. The highest BCUT2D eigenvalue weighted by molar-refractivity contribution is 5.44. The Morgan fingerprint density at radius 1 is 1.50 bits per heavy atom. The molecule has 0 aromatic carbocycles. The number of rotatable bonds is 3. The van der Waals surface area contributed by atoms with Crippen LogP contribution >= 0.6 is 0 Å². The van der Waals surface area contributed by atoms with Gasteiger partial charge in [-0.3, -0.25) is 0 Å². The third-order valence-corrected chi connectivity index (χ3v) is 4.12. The number of aromatic nitrogens is 3. The first kappa shape index (κ1) is 13.4. The number of fused-ring (bicyclic) bond motifs is 1. The van der Waals surface area contributed by atoms with Gasteiger partial charge in [0.05, 0.1) is 5.60 Å². The van der Waals surface area contributed by atoms with E-state index in [2.05, 4.69) is 22.3 Å². The fourth-order valence-corrected chi connectivity index (χ4v) is 3.10. The van der Waals surface area contributed by atoms with E-state index in [9.17, 15) is 5.11 Å². The van der Waals surface area contributed by atoms with Crippen molar-refractivity contribution in [2.45, 2.75) is 45.1 Å². The monoisotopic (exact) mass is 274 g/mol. The lowest BCUT2D eigenvalue weighted by molar-refractivity contribution is -0.000892. The number of hydrogen-bond donors (Lipinski definition) is 2. The molecule has 2 aromatic rings. The van der Waals surface area contributed by atoms with Gasteiger partial charge in [0.1, 0.15) is 0 Å². The summed E-state index contributed by atoms with van der Waals surface area (Å²) in [7, 11) is 0. The zero-order valence-corrected chi connectivity index (χ0v) is 12.1. The third-order valence-electron chi connectivity index (χ3n) is 4.12. The van der Waals surface area contributed by atoms with Crippen molar-refractivity contribution >= 4 is 11.6 Å². The predicted molar refractivity (Wildman–Crippen MR) is 78.8 cm³/mol. The summed E-state index contributed by atoms with van der Waals surface area (Å²) in [5.74, 6) is 1.18. The Kier molecular flexibility index (Phi) is 3.38. The number of pyridine rings is 1. The number of anilines is 1. The molecule has 5 nitrogen and oxygen atoms in total. The van der Waals surface area contributed by atoms with Gasteiger partial charge in [-0.25, -0.2) is 4.52 Å². The Morgan fingerprint density at radius 2 is 2.35 bits per heavy atom. The van der Waals surface area contributed by atoms with E-state index in [1.807, 2.05) is 25.3 Å². The Bertz CT molecular complexity index is 609. The Hall–Kier alpha value is -1.62. The second-order valence-electron chi connectivity index (χ2n) is 6.22. The van der Waals surface area contributed by atoms with Crippen LogP contribution in [0.15, 0.2) is 18.3 Å². The predicted octanol–water partition coefficient (Wildman–Crippen LogP) is 2.39. The summed E-state index contributed by atoms with van der Waals surface area (Å²) in [5, 5.41) is 18.2. The van der Waals surface area contributed by atoms with Crippen LogP contribution in [0.1, 0.15) is 38.2 Å². The van der Waals surface area contributed by atoms with E-state index in [0.717, 1.165) is 30.5 Å². The summed E-state index contributed by atoms with van der Waals surface area (Å²) in [6.07, 6.45) is 5.97. The van der Waals surface area contributed by atoms with E-state index in [4.69, 9.17) is 0 Å². The lowest BCUT2D eigenvalue weighted by Gasteiger charge is -2.35. The maximum absolute atomic E-state index is 10.6. The van der Waals surface area contributed by atoms with E-state index in [0.29, 0.717) is 18.4 Å². The van der Waals surface area contributed by atoms with E-state index >= 15 is 0 Å². The van der Waals surface area contributed by atoms with Crippen molar-refractivity contribution in [3.05, 3.63) is 23.9 Å². The minimum Gasteiger partial charge on any atom is -0.388 e. The molecule has 0 aliphatic heterocycles. The van der Waals surface area contributed by atoms with E-state index < -0.39 is 5.60 Å². The van der Waals surface area contributed by atoms with Gasteiger partial charge in [-0.1, -0.05) is 25.8 Å². The molecule has 2 N–H and O–H groups in total. The lowest BCUT2D eigenvalue weighted by atomic mass is 9.79. The van der Waals surface area contributed by atoms with Crippen molar-refractivity contribution in [2.24, 2.45) is 5.92 Å². The maximum Gasteiger partial charge on any atom is 0.243 e. The number of aliphatic hydroxyl groups is 1. The topological polar surface area (TPSA) is 62.5 Å². The lowest BCUT2D eigenvalue weighted by Crippen LogP contribution is -2.41. The van der Waals surface area contributed by atoms with Crippen LogP contribution in [-0.4, -0.2) is 31.9 Å². The smallest absolute Gasteiger partial charge is 0.243 e. The Balaban J connectivity index is 1.70. The van der Waals surface area contributed by atoms with Gasteiger partial charge in [0.15, 0.2) is 5.65 Å². The summed E-state index contributed by atoms with van der Waals surface area (Å²) in [6, 6.07) is 3.97. The van der Waals surface area contributed by atoms with Crippen molar-refractivity contribution in [2.75, 3.05) is 11.9 Å². The van der Waals surface area contributed by atoms with Gasteiger partial charge in [-0.05, 0) is 37.3 Å². The quantitative estimate of drug-likeness (QED) is 0.902. The molecule has 3 rings (SSSR count). The minimum absolute atomic E-state index is 0.521. The normalized spacial score (nSPS) is 26.9. The summed E-state index contributed by atoms with van der Waals surface area (Å²) >= 11 is 0. The Morgan fingerprint density at radius 3 is 3.15 bits per heavy atom. The molecule has 2 unspecified atom stereocenters. The van der Waals surface area contributed by atoms with Crippen molar-refractivity contribution in [3.63, 3.8) is 0 Å². The molecule has 0 radical (unpaired) electrons. The maximum atomic E-state index is 10.6. The van der Waals surface area contributed by atoms with Gasteiger partial charge in [0.2, 0.25) is 5.95 Å². The average molecular weight is 274 g/mol. The summed E-state index contributed by atoms with van der Waals surface area (Å²) < 4.78 is 1.77. The molecule has 20 heavy (non-hydrogen) atoms. The molecular weight excluding hydrogens is 252 g/mol. The molecule has 2 heterocycles. The molecule has 0 amide bonds. The van der Waals surface area contributed by atoms with Crippen molar-refractivity contribution in [3.8, 4) is 0 Å². The number of nitrogens with one attached hydrogen (secondary N) is 1. The second kappa shape index (κ2) is 5.05. The second-order valence-corrected chi connectivity index (χ2v) is 6.22. The highest BCUT2D eigenvalue weighted by Crippen LogP contribution is 2.32. The van der Waals surface area contributed by atoms with Crippen molar-refractivity contribution in [1.29, 1.82) is 0 Å². The van der Waals surface area contributed by atoms with Crippen LogP contribution in [0.5, 0.6) is 0 Å². The zero-order valence-electron chi connectivity index (χ0n) is 12.1. The largest absolute Gasteiger partial charge is 0.388 e. The summed E-state index contributed by atoms with van der Waals surface area (Å²) in [4.78, 5) is 4.42. The standard InChI is InChI=1S/C15H22N4O/c1-11-4-3-7-15(20,8-11)10-16-14-17-13-6-5-12(2)9-19(13)18-14/h5-6,9,11,20H,3-4,7-8,10H2,1-2H3,(H,16,18). The van der Waals surface area contributed by atoms with Crippen LogP contribution in [-0.2, 0) is 0 Å². The van der Waals surface area contributed by atoms with E-state index in [-0.39, 0.29) is 0 Å². The first-order valence-corrected chi connectivity index (χ1v) is 7.33. The first-order valence-electron chi connectivity index (χ1n) is 7.33. The SMILES string of the molecule is Cc1ccc2nc(NCC3(O)CCCC(C)C3)nn2c1. The van der Waals surface area contributed by atoms with Crippen molar-refractivity contribution < 1.29 is 5.11 Å². The number of aryl methyl sites for hydroxylation is 1. The summed E-state index contributed by atoms with van der Waals surface area (Å²) in [5.41, 5.74) is 1.35. The van der Waals surface area contributed by atoms with Crippen LogP contribution in [0.2, 0.25) is 0 Å². The molecule has 0 spiro atoms. The van der Waals surface area contributed by atoms with Gasteiger partial charge >= 0.3 is 0 Å². The van der Waals surface area contributed by atoms with E-state index in [1.165, 1.54) is 6.42 Å². The average Bonchev–Trinajstić information content (AvgIpc) is 2.78. The molecule has 0 saturated heterocycles. The molecule has 5 heteroatoms. The molecule has 108 valence electrons.